The number of carbonyl (C=O) groups is 1. The fraction of sp³-hybridized carbons (Fsp3) is 0.562. The smallest absolute Gasteiger partial charge is 0.238 e. The molecule has 1 aliphatic carbocycles. The lowest BCUT2D eigenvalue weighted by molar-refractivity contribution is -0.115. The van der Waals surface area contributed by atoms with Gasteiger partial charge in [0.1, 0.15) is 0 Å². The van der Waals surface area contributed by atoms with Gasteiger partial charge in [0, 0.05) is 17.0 Å². The third-order valence-corrected chi connectivity index (χ3v) is 5.40. The molecule has 110 valence electrons. The molecule has 0 radical (unpaired) electrons. The first-order valence-corrected chi connectivity index (χ1v) is 8.48. The van der Waals surface area contributed by atoms with Crippen LogP contribution in [0.25, 0.3) is 0 Å². The molecule has 4 heteroatoms. The average Bonchev–Trinajstić information content (AvgIpc) is 2.88. The Morgan fingerprint density at radius 1 is 1.35 bits per heavy atom. The molecule has 2 N–H and O–H groups in total. The summed E-state index contributed by atoms with van der Waals surface area (Å²) >= 11 is 1.94. The van der Waals surface area contributed by atoms with Crippen molar-refractivity contribution in [2.24, 2.45) is 0 Å². The minimum Gasteiger partial charge on any atom is -0.325 e. The van der Waals surface area contributed by atoms with E-state index >= 15 is 0 Å². The maximum atomic E-state index is 11.9. The molecule has 3 nitrogen and oxygen atoms in total. The van der Waals surface area contributed by atoms with Gasteiger partial charge in [-0.2, -0.15) is 11.8 Å². The minimum atomic E-state index is 0.0323. The van der Waals surface area contributed by atoms with Gasteiger partial charge < -0.3 is 10.6 Å². The van der Waals surface area contributed by atoms with E-state index in [4.69, 9.17) is 0 Å². The number of nitrogens with one attached hydrogen (secondary N) is 2. The van der Waals surface area contributed by atoms with Crippen molar-refractivity contribution < 1.29 is 4.79 Å². The molecular formula is C16H24N2OS. The van der Waals surface area contributed by atoms with Crippen molar-refractivity contribution in [2.45, 2.75) is 37.4 Å². The first kappa shape index (κ1) is 15.4. The number of amides is 1. The maximum absolute atomic E-state index is 11.9. The first-order valence-electron chi connectivity index (χ1n) is 7.26. The number of anilines is 1. The Kier molecular flexibility index (Phi) is 5.49. The van der Waals surface area contributed by atoms with Crippen LogP contribution in [-0.2, 0) is 4.79 Å². The lowest BCUT2D eigenvalue weighted by atomic mass is 10.1. The van der Waals surface area contributed by atoms with Crippen LogP contribution in [-0.4, -0.2) is 30.0 Å². The SMILES string of the molecule is CSC1(CNCC(=O)Nc2cccc(C)c2)CCCC1. The standard InChI is InChI=1S/C16H24N2OS/c1-13-6-5-7-14(10-13)18-15(19)11-17-12-16(20-2)8-3-4-9-16/h5-7,10,17H,3-4,8-9,11-12H2,1-2H3,(H,18,19). The zero-order chi connectivity index (χ0) is 14.4. The molecule has 0 heterocycles. The highest BCUT2D eigenvalue weighted by Crippen LogP contribution is 2.39. The van der Waals surface area contributed by atoms with E-state index < -0.39 is 0 Å². The predicted molar refractivity (Wildman–Crippen MR) is 87.4 cm³/mol. The number of rotatable bonds is 6. The van der Waals surface area contributed by atoms with Gasteiger partial charge in [0.15, 0.2) is 0 Å². The summed E-state index contributed by atoms with van der Waals surface area (Å²) < 4.78 is 0.351. The molecule has 1 aliphatic rings. The van der Waals surface area contributed by atoms with Crippen LogP contribution in [0, 0.1) is 6.92 Å². The Bertz CT molecular complexity index is 456. The van der Waals surface area contributed by atoms with Crippen LogP contribution in [0.4, 0.5) is 5.69 Å². The van der Waals surface area contributed by atoms with E-state index in [-0.39, 0.29) is 5.91 Å². The molecule has 0 unspecified atom stereocenters. The molecule has 0 aliphatic heterocycles. The zero-order valence-electron chi connectivity index (χ0n) is 12.4. The summed E-state index contributed by atoms with van der Waals surface area (Å²) in [4.78, 5) is 11.9. The van der Waals surface area contributed by atoms with E-state index in [9.17, 15) is 4.79 Å². The van der Waals surface area contributed by atoms with Crippen molar-refractivity contribution in [1.82, 2.24) is 5.32 Å². The Hall–Kier alpha value is -1.00. The molecule has 1 amide bonds. The third-order valence-electron chi connectivity index (χ3n) is 3.98. The predicted octanol–water partition coefficient (Wildman–Crippen LogP) is 3.20. The maximum Gasteiger partial charge on any atom is 0.238 e. The Morgan fingerprint density at radius 3 is 2.75 bits per heavy atom. The summed E-state index contributed by atoms with van der Waals surface area (Å²) in [5.41, 5.74) is 2.03. The quantitative estimate of drug-likeness (QED) is 0.846. The van der Waals surface area contributed by atoms with Crippen molar-refractivity contribution >= 4 is 23.4 Å². The second-order valence-corrected chi connectivity index (χ2v) is 6.89. The number of thioether (sulfide) groups is 1. The Labute approximate surface area is 125 Å². The van der Waals surface area contributed by atoms with Crippen LogP contribution in [0.3, 0.4) is 0 Å². The van der Waals surface area contributed by atoms with Gasteiger partial charge in [0.2, 0.25) is 5.91 Å². The molecule has 0 aromatic heterocycles. The van der Waals surface area contributed by atoms with Crippen molar-refractivity contribution in [1.29, 1.82) is 0 Å². The summed E-state index contributed by atoms with van der Waals surface area (Å²) in [5.74, 6) is 0.0323. The number of aryl methyl sites for hydroxylation is 1. The zero-order valence-corrected chi connectivity index (χ0v) is 13.2. The van der Waals surface area contributed by atoms with Crippen LogP contribution in [0.2, 0.25) is 0 Å². The normalized spacial score (nSPS) is 17.1. The summed E-state index contributed by atoms with van der Waals surface area (Å²) in [6, 6.07) is 7.89. The highest BCUT2D eigenvalue weighted by molar-refractivity contribution is 8.00. The summed E-state index contributed by atoms with van der Waals surface area (Å²) in [7, 11) is 0. The molecule has 0 saturated heterocycles. The molecule has 20 heavy (non-hydrogen) atoms. The molecule has 0 spiro atoms. The number of hydrogen-bond donors (Lipinski definition) is 2. The van der Waals surface area contributed by atoms with Crippen LogP contribution in [0.15, 0.2) is 24.3 Å². The molecule has 0 atom stereocenters. The van der Waals surface area contributed by atoms with Crippen LogP contribution in [0.1, 0.15) is 31.2 Å². The van der Waals surface area contributed by atoms with E-state index in [0.717, 1.165) is 17.8 Å². The van der Waals surface area contributed by atoms with Crippen molar-refractivity contribution in [3.05, 3.63) is 29.8 Å². The van der Waals surface area contributed by atoms with Crippen LogP contribution >= 0.6 is 11.8 Å². The van der Waals surface area contributed by atoms with Crippen molar-refractivity contribution in [3.63, 3.8) is 0 Å². The second kappa shape index (κ2) is 7.14. The van der Waals surface area contributed by atoms with E-state index in [1.54, 1.807) is 0 Å². The van der Waals surface area contributed by atoms with Gasteiger partial charge in [0.25, 0.3) is 0 Å². The largest absolute Gasteiger partial charge is 0.325 e. The fourth-order valence-corrected chi connectivity index (χ4v) is 3.75. The molecule has 1 aromatic carbocycles. The molecule has 1 saturated carbocycles. The first-order chi connectivity index (χ1) is 9.63. The van der Waals surface area contributed by atoms with E-state index in [1.807, 2.05) is 43.0 Å². The van der Waals surface area contributed by atoms with Gasteiger partial charge in [0.05, 0.1) is 6.54 Å². The Morgan fingerprint density at radius 2 is 2.10 bits per heavy atom. The van der Waals surface area contributed by atoms with E-state index in [1.165, 1.54) is 25.7 Å². The van der Waals surface area contributed by atoms with Gasteiger partial charge >= 0.3 is 0 Å². The third kappa shape index (κ3) is 4.25. The molecular weight excluding hydrogens is 268 g/mol. The van der Waals surface area contributed by atoms with Gasteiger partial charge in [-0.05, 0) is 43.7 Å². The molecule has 0 bridgehead atoms. The Balaban J connectivity index is 1.75. The van der Waals surface area contributed by atoms with Crippen molar-refractivity contribution in [2.75, 3.05) is 24.7 Å². The van der Waals surface area contributed by atoms with E-state index in [2.05, 4.69) is 16.9 Å². The van der Waals surface area contributed by atoms with E-state index in [0.29, 0.717) is 11.3 Å². The minimum absolute atomic E-state index is 0.0323. The monoisotopic (exact) mass is 292 g/mol. The van der Waals surface area contributed by atoms with Gasteiger partial charge in [-0.25, -0.2) is 0 Å². The molecule has 1 fully saturated rings. The average molecular weight is 292 g/mol. The molecule has 1 aromatic rings. The number of carbonyl (C=O) groups excluding carboxylic acids is 1. The fourth-order valence-electron chi connectivity index (χ4n) is 2.80. The summed E-state index contributed by atoms with van der Waals surface area (Å²) in [6.07, 6.45) is 7.34. The lowest BCUT2D eigenvalue weighted by Gasteiger charge is -2.26. The van der Waals surface area contributed by atoms with Gasteiger partial charge in [-0.15, -0.1) is 0 Å². The van der Waals surface area contributed by atoms with Gasteiger partial charge in [-0.1, -0.05) is 25.0 Å². The topological polar surface area (TPSA) is 41.1 Å². The lowest BCUT2D eigenvalue weighted by Crippen LogP contribution is -2.39. The highest BCUT2D eigenvalue weighted by atomic mass is 32.2. The van der Waals surface area contributed by atoms with Gasteiger partial charge in [-0.3, -0.25) is 4.79 Å². The summed E-state index contributed by atoms with van der Waals surface area (Å²) in [5, 5.41) is 6.25. The van der Waals surface area contributed by atoms with Crippen molar-refractivity contribution in [3.8, 4) is 0 Å². The second-order valence-electron chi connectivity index (χ2n) is 5.62. The van der Waals surface area contributed by atoms with Crippen LogP contribution in [0.5, 0.6) is 0 Å². The molecule has 2 rings (SSSR count). The highest BCUT2D eigenvalue weighted by Gasteiger charge is 2.32. The summed E-state index contributed by atoms with van der Waals surface area (Å²) in [6.45, 7) is 3.34. The number of hydrogen-bond acceptors (Lipinski definition) is 3. The number of benzene rings is 1. The van der Waals surface area contributed by atoms with Crippen LogP contribution < -0.4 is 10.6 Å².